The molecule has 1 N–H and O–H groups in total. The Balaban J connectivity index is 1.55. The number of hydrogen-bond donors (Lipinski definition) is 1. The summed E-state index contributed by atoms with van der Waals surface area (Å²) in [6.45, 7) is 2.98. The predicted octanol–water partition coefficient (Wildman–Crippen LogP) is 3.54. The number of ether oxygens (including phenoxy) is 2. The van der Waals surface area contributed by atoms with Gasteiger partial charge in [-0.2, -0.15) is 0 Å². The van der Waals surface area contributed by atoms with Gasteiger partial charge in [0.25, 0.3) is 0 Å². The minimum absolute atomic E-state index is 0.191. The first-order valence-electron chi connectivity index (χ1n) is 8.91. The number of aromatic nitrogens is 1. The van der Waals surface area contributed by atoms with E-state index < -0.39 is 10.0 Å². The normalized spacial score (nSPS) is 11.2. The Kier molecular flexibility index (Phi) is 6.62. The monoisotopic (exact) mass is 398 g/mol. The van der Waals surface area contributed by atoms with Gasteiger partial charge in [-0.1, -0.05) is 18.2 Å². The molecule has 0 unspecified atom stereocenters. The van der Waals surface area contributed by atoms with E-state index in [1.165, 1.54) is 12.1 Å². The average molecular weight is 398 g/mol. The molecule has 0 radical (unpaired) electrons. The second-order valence-corrected chi connectivity index (χ2v) is 7.75. The van der Waals surface area contributed by atoms with Gasteiger partial charge in [-0.05, 0) is 61.0 Å². The molecular formula is C21H22N2O4S. The fourth-order valence-corrected chi connectivity index (χ4v) is 3.51. The fourth-order valence-electron chi connectivity index (χ4n) is 2.49. The van der Waals surface area contributed by atoms with Crippen molar-refractivity contribution >= 4 is 10.0 Å². The second kappa shape index (κ2) is 9.34. The van der Waals surface area contributed by atoms with Crippen molar-refractivity contribution < 1.29 is 17.9 Å². The summed E-state index contributed by atoms with van der Waals surface area (Å²) in [4.78, 5) is 4.40. The number of nitrogens with one attached hydrogen (secondary N) is 1. The highest BCUT2D eigenvalue weighted by Gasteiger charge is 2.13. The Hall–Kier alpha value is -2.90. The molecule has 1 heterocycles. The van der Waals surface area contributed by atoms with E-state index in [-0.39, 0.29) is 11.4 Å². The molecule has 0 aliphatic heterocycles. The number of sulfonamides is 1. The van der Waals surface area contributed by atoms with Crippen LogP contribution in [0.25, 0.3) is 0 Å². The van der Waals surface area contributed by atoms with Crippen LogP contribution in [0.15, 0.2) is 77.8 Å². The van der Waals surface area contributed by atoms with Crippen molar-refractivity contribution in [2.45, 2.75) is 25.0 Å². The summed E-state index contributed by atoms with van der Waals surface area (Å²) in [5.41, 5.74) is 1.68. The smallest absolute Gasteiger partial charge is 0.240 e. The minimum Gasteiger partial charge on any atom is -0.494 e. The highest BCUT2D eigenvalue weighted by Crippen LogP contribution is 2.17. The van der Waals surface area contributed by atoms with E-state index in [0.29, 0.717) is 24.7 Å². The van der Waals surface area contributed by atoms with E-state index in [9.17, 15) is 8.42 Å². The van der Waals surface area contributed by atoms with Crippen LogP contribution in [0.4, 0.5) is 0 Å². The van der Waals surface area contributed by atoms with E-state index in [4.69, 9.17) is 9.47 Å². The zero-order chi connectivity index (χ0) is 19.8. The van der Waals surface area contributed by atoms with E-state index in [2.05, 4.69) is 9.71 Å². The number of benzene rings is 2. The van der Waals surface area contributed by atoms with E-state index >= 15 is 0 Å². The van der Waals surface area contributed by atoms with Gasteiger partial charge < -0.3 is 9.47 Å². The molecule has 0 aliphatic carbocycles. The Morgan fingerprint density at radius 1 is 0.893 bits per heavy atom. The quantitative estimate of drug-likeness (QED) is 0.597. The first kappa shape index (κ1) is 19.9. The highest BCUT2D eigenvalue weighted by molar-refractivity contribution is 7.89. The van der Waals surface area contributed by atoms with Gasteiger partial charge >= 0.3 is 0 Å². The largest absolute Gasteiger partial charge is 0.494 e. The molecule has 28 heavy (non-hydrogen) atoms. The van der Waals surface area contributed by atoms with Gasteiger partial charge in [0.15, 0.2) is 0 Å². The van der Waals surface area contributed by atoms with Crippen LogP contribution in [0.2, 0.25) is 0 Å². The number of hydrogen-bond acceptors (Lipinski definition) is 5. The molecule has 0 bridgehead atoms. The molecule has 0 atom stereocenters. The van der Waals surface area contributed by atoms with Gasteiger partial charge in [0, 0.05) is 12.7 Å². The maximum atomic E-state index is 12.4. The van der Waals surface area contributed by atoms with Crippen molar-refractivity contribution in [2.24, 2.45) is 0 Å². The van der Waals surface area contributed by atoms with Crippen LogP contribution in [0.1, 0.15) is 18.2 Å². The highest BCUT2D eigenvalue weighted by atomic mass is 32.2. The zero-order valence-electron chi connectivity index (χ0n) is 15.5. The summed E-state index contributed by atoms with van der Waals surface area (Å²) < 4.78 is 38.4. The molecule has 0 saturated carbocycles. The number of rotatable bonds is 9. The Bertz CT molecular complexity index is 973. The van der Waals surface area contributed by atoms with E-state index in [1.807, 2.05) is 49.4 Å². The summed E-state index contributed by atoms with van der Waals surface area (Å²) in [5.74, 6) is 1.34. The third-order valence-electron chi connectivity index (χ3n) is 3.95. The van der Waals surface area contributed by atoms with Crippen LogP contribution >= 0.6 is 0 Å². The van der Waals surface area contributed by atoms with Gasteiger partial charge in [-0.3, -0.25) is 4.98 Å². The fraction of sp³-hybridized carbons (Fsp3) is 0.190. The predicted molar refractivity (Wildman–Crippen MR) is 107 cm³/mol. The maximum absolute atomic E-state index is 12.4. The molecule has 1 aromatic heterocycles. The SMILES string of the molecule is CCOc1ccc(S(=O)(=O)NCc2ccc(OCc3ccccn3)cc2)cc1. The molecular weight excluding hydrogens is 376 g/mol. The molecule has 0 spiro atoms. The third kappa shape index (κ3) is 5.55. The molecule has 0 fully saturated rings. The molecule has 2 aromatic carbocycles. The molecule has 146 valence electrons. The summed E-state index contributed by atoms with van der Waals surface area (Å²) in [7, 11) is -3.59. The first-order chi connectivity index (χ1) is 13.6. The van der Waals surface area contributed by atoms with E-state index in [1.54, 1.807) is 18.3 Å². The van der Waals surface area contributed by atoms with Crippen LogP contribution in [-0.2, 0) is 23.2 Å². The van der Waals surface area contributed by atoms with Crippen LogP contribution in [0.3, 0.4) is 0 Å². The summed E-state index contributed by atoms with van der Waals surface area (Å²) in [6.07, 6.45) is 1.72. The number of nitrogens with zero attached hydrogens (tertiary/aromatic N) is 1. The topological polar surface area (TPSA) is 77.5 Å². The van der Waals surface area contributed by atoms with Gasteiger partial charge in [0.1, 0.15) is 18.1 Å². The molecule has 0 aliphatic rings. The molecule has 3 aromatic rings. The van der Waals surface area contributed by atoms with Crippen molar-refractivity contribution in [1.82, 2.24) is 9.71 Å². The zero-order valence-corrected chi connectivity index (χ0v) is 16.4. The van der Waals surface area contributed by atoms with E-state index in [0.717, 1.165) is 11.3 Å². The van der Waals surface area contributed by atoms with Gasteiger partial charge in [-0.15, -0.1) is 0 Å². The lowest BCUT2D eigenvalue weighted by Gasteiger charge is -2.09. The lowest BCUT2D eigenvalue weighted by Crippen LogP contribution is -2.23. The molecule has 7 heteroatoms. The molecule has 3 rings (SSSR count). The standard InChI is InChI=1S/C21H22N2O4S/c1-2-26-19-10-12-21(13-11-19)28(24,25)23-15-17-6-8-20(9-7-17)27-16-18-5-3-4-14-22-18/h3-14,23H,2,15-16H2,1H3. The first-order valence-corrected chi connectivity index (χ1v) is 10.4. The van der Waals surface area contributed by atoms with Crippen molar-refractivity contribution in [3.63, 3.8) is 0 Å². The van der Waals surface area contributed by atoms with Crippen molar-refractivity contribution in [3.05, 3.63) is 84.2 Å². The van der Waals surface area contributed by atoms with Crippen LogP contribution in [0, 0.1) is 0 Å². The second-order valence-electron chi connectivity index (χ2n) is 5.98. The summed E-state index contributed by atoms with van der Waals surface area (Å²) in [6, 6.07) is 19.3. The Morgan fingerprint density at radius 2 is 1.57 bits per heavy atom. The van der Waals surface area contributed by atoms with Crippen molar-refractivity contribution in [3.8, 4) is 11.5 Å². The lowest BCUT2D eigenvalue weighted by molar-refractivity contribution is 0.301. The minimum atomic E-state index is -3.59. The van der Waals surface area contributed by atoms with Crippen LogP contribution in [0.5, 0.6) is 11.5 Å². The lowest BCUT2D eigenvalue weighted by atomic mass is 10.2. The Morgan fingerprint density at radius 3 is 2.21 bits per heavy atom. The van der Waals surface area contributed by atoms with Crippen molar-refractivity contribution in [1.29, 1.82) is 0 Å². The van der Waals surface area contributed by atoms with Gasteiger partial charge in [-0.25, -0.2) is 13.1 Å². The third-order valence-corrected chi connectivity index (χ3v) is 5.36. The van der Waals surface area contributed by atoms with Gasteiger partial charge in [0.05, 0.1) is 17.2 Å². The number of pyridine rings is 1. The van der Waals surface area contributed by atoms with Gasteiger partial charge in [0.2, 0.25) is 10.0 Å². The van der Waals surface area contributed by atoms with Crippen LogP contribution in [-0.4, -0.2) is 20.0 Å². The maximum Gasteiger partial charge on any atom is 0.240 e. The Labute approximate surface area is 165 Å². The van der Waals surface area contributed by atoms with Crippen LogP contribution < -0.4 is 14.2 Å². The molecule has 6 nitrogen and oxygen atoms in total. The average Bonchev–Trinajstić information content (AvgIpc) is 2.73. The summed E-state index contributed by atoms with van der Waals surface area (Å²) >= 11 is 0. The molecule has 0 saturated heterocycles. The van der Waals surface area contributed by atoms with Crippen molar-refractivity contribution in [2.75, 3.05) is 6.61 Å². The molecule has 0 amide bonds. The summed E-state index contributed by atoms with van der Waals surface area (Å²) in [5, 5.41) is 0.